The number of halogens is 1. The summed E-state index contributed by atoms with van der Waals surface area (Å²) >= 11 is 5.87. The quantitative estimate of drug-likeness (QED) is 0.752. The average Bonchev–Trinajstić information content (AvgIpc) is 2.62. The molecule has 13 heavy (non-hydrogen) atoms. The maximum Gasteiger partial charge on any atom is 0.341 e. The summed E-state index contributed by atoms with van der Waals surface area (Å²) in [5.74, 6) is -0.357. The Balaban J connectivity index is 2.70. The number of nitrogens with zero attached hydrogens (tertiary/aromatic N) is 2. The highest BCUT2D eigenvalue weighted by Gasteiger charge is 2.20. The van der Waals surface area contributed by atoms with E-state index in [1.54, 1.807) is 0 Å². The lowest BCUT2D eigenvalue weighted by molar-refractivity contribution is 0.0603. The highest BCUT2D eigenvalue weighted by Crippen LogP contribution is 2.36. The Kier molecular flexibility index (Phi) is 2.31. The van der Waals surface area contributed by atoms with Gasteiger partial charge < -0.3 is 4.74 Å². The first kappa shape index (κ1) is 9.04. The highest BCUT2D eigenvalue weighted by molar-refractivity contribution is 9.11. The van der Waals surface area contributed by atoms with Gasteiger partial charge in [-0.2, -0.15) is 0 Å². The van der Waals surface area contributed by atoms with E-state index in [0.717, 1.165) is 13.3 Å². The van der Waals surface area contributed by atoms with Gasteiger partial charge in [0.15, 0.2) is 4.83 Å². The number of fused-ring (bicyclic) bond motifs is 1. The Bertz CT molecular complexity index is 464. The molecule has 2 rings (SSSR count). The van der Waals surface area contributed by atoms with Crippen molar-refractivity contribution in [1.29, 1.82) is 0 Å². The van der Waals surface area contributed by atoms with Gasteiger partial charge >= 0.3 is 5.97 Å². The maximum absolute atomic E-state index is 11.3. The summed E-state index contributed by atoms with van der Waals surface area (Å²) in [5, 5.41) is 3.87. The van der Waals surface area contributed by atoms with E-state index in [1.807, 2.05) is 0 Å². The van der Waals surface area contributed by atoms with Crippen LogP contribution in [-0.2, 0) is 4.74 Å². The molecule has 0 N–H and O–H groups in total. The van der Waals surface area contributed by atoms with Gasteiger partial charge in [-0.3, -0.25) is 0 Å². The molecule has 2 heterocycles. The maximum atomic E-state index is 11.3. The van der Waals surface area contributed by atoms with Crippen LogP contribution in [0, 0.1) is 0 Å². The summed E-state index contributed by atoms with van der Waals surface area (Å²) in [7, 11) is 1.35. The van der Waals surface area contributed by atoms with Crippen LogP contribution < -0.4 is 0 Å². The Morgan fingerprint density at radius 2 is 2.38 bits per heavy atom. The van der Waals surface area contributed by atoms with Crippen LogP contribution in [0.2, 0.25) is 0 Å². The number of aromatic nitrogens is 2. The molecule has 0 saturated heterocycles. The van der Waals surface area contributed by atoms with Crippen LogP contribution >= 0.6 is 38.8 Å². The minimum absolute atomic E-state index is 0.357. The van der Waals surface area contributed by atoms with Crippen molar-refractivity contribution < 1.29 is 9.53 Å². The second-order valence-electron chi connectivity index (χ2n) is 2.15. The van der Waals surface area contributed by atoms with Crippen molar-refractivity contribution in [3.8, 4) is 0 Å². The highest BCUT2D eigenvalue weighted by atomic mass is 79.9. The summed E-state index contributed by atoms with van der Waals surface area (Å²) in [6, 6.07) is 0. The molecule has 68 valence electrons. The Labute approximate surface area is 89.8 Å². The molecule has 0 aliphatic heterocycles. The van der Waals surface area contributed by atoms with Gasteiger partial charge in [0.05, 0.1) is 10.9 Å². The van der Waals surface area contributed by atoms with Crippen molar-refractivity contribution in [3.05, 3.63) is 9.35 Å². The molecule has 0 amide bonds. The number of thiophene rings is 1. The molecule has 0 unspecified atom stereocenters. The van der Waals surface area contributed by atoms with Crippen LogP contribution in [0.1, 0.15) is 10.4 Å². The van der Waals surface area contributed by atoms with Crippen LogP contribution in [0.15, 0.2) is 3.79 Å². The molecule has 0 spiro atoms. The van der Waals surface area contributed by atoms with Gasteiger partial charge in [-0.1, -0.05) is 4.49 Å². The van der Waals surface area contributed by atoms with Gasteiger partial charge in [-0.15, -0.1) is 16.4 Å². The third-order valence-electron chi connectivity index (χ3n) is 1.46. The van der Waals surface area contributed by atoms with E-state index < -0.39 is 0 Å². The number of hydrogen-bond donors (Lipinski definition) is 0. The number of methoxy groups -OCH3 is 1. The fourth-order valence-electron chi connectivity index (χ4n) is 0.902. The van der Waals surface area contributed by atoms with Crippen molar-refractivity contribution in [1.82, 2.24) is 9.59 Å². The largest absolute Gasteiger partial charge is 0.465 e. The molecule has 0 atom stereocenters. The number of esters is 1. The lowest BCUT2D eigenvalue weighted by Crippen LogP contribution is -1.99. The second-order valence-corrected chi connectivity index (χ2v) is 5.22. The Morgan fingerprint density at radius 3 is 3.08 bits per heavy atom. The molecule has 0 radical (unpaired) electrons. The molecule has 0 saturated carbocycles. The van der Waals surface area contributed by atoms with Gasteiger partial charge in [0.1, 0.15) is 10.3 Å². The van der Waals surface area contributed by atoms with Crippen molar-refractivity contribution in [2.45, 2.75) is 0 Å². The summed E-state index contributed by atoms with van der Waals surface area (Å²) in [5.41, 5.74) is 0.525. The first-order valence-electron chi connectivity index (χ1n) is 3.22. The van der Waals surface area contributed by atoms with Crippen LogP contribution in [0.5, 0.6) is 0 Å². The molecule has 4 nitrogen and oxygen atoms in total. The topological polar surface area (TPSA) is 52.1 Å². The van der Waals surface area contributed by atoms with Crippen molar-refractivity contribution in [3.63, 3.8) is 0 Å². The van der Waals surface area contributed by atoms with Crippen molar-refractivity contribution in [2.24, 2.45) is 0 Å². The van der Waals surface area contributed by atoms with E-state index in [4.69, 9.17) is 0 Å². The van der Waals surface area contributed by atoms with Crippen LogP contribution in [0.25, 0.3) is 9.53 Å². The predicted molar refractivity (Wildman–Crippen MR) is 54.3 cm³/mol. The molecule has 0 aliphatic carbocycles. The number of carbonyl (C=O) groups is 1. The third kappa shape index (κ3) is 1.36. The van der Waals surface area contributed by atoms with E-state index in [2.05, 4.69) is 30.3 Å². The number of rotatable bonds is 1. The molecule has 2 aromatic rings. The number of ether oxygens (including phenoxy) is 1. The van der Waals surface area contributed by atoms with E-state index in [1.165, 1.54) is 30.0 Å². The smallest absolute Gasteiger partial charge is 0.341 e. The van der Waals surface area contributed by atoms with Crippen molar-refractivity contribution in [2.75, 3.05) is 7.11 Å². The first-order valence-corrected chi connectivity index (χ1v) is 5.61. The first-order chi connectivity index (χ1) is 6.24. The minimum atomic E-state index is -0.357. The lowest BCUT2D eigenvalue weighted by atomic mass is 10.3. The van der Waals surface area contributed by atoms with E-state index in [-0.39, 0.29) is 5.97 Å². The molecule has 0 fully saturated rings. The van der Waals surface area contributed by atoms with E-state index in [9.17, 15) is 4.79 Å². The van der Waals surface area contributed by atoms with E-state index in [0.29, 0.717) is 5.56 Å². The zero-order chi connectivity index (χ0) is 9.42. The monoisotopic (exact) mass is 278 g/mol. The van der Waals surface area contributed by atoms with E-state index >= 15 is 0 Å². The minimum Gasteiger partial charge on any atom is -0.465 e. The molecule has 2 aromatic heterocycles. The molecule has 0 bridgehead atoms. The molecule has 0 aromatic carbocycles. The summed E-state index contributed by atoms with van der Waals surface area (Å²) in [6.45, 7) is 0. The van der Waals surface area contributed by atoms with Gasteiger partial charge in [0.2, 0.25) is 0 Å². The molecule has 0 aliphatic rings. The molecular weight excluding hydrogens is 276 g/mol. The molecule has 7 heteroatoms. The van der Waals surface area contributed by atoms with Gasteiger partial charge in [-0.25, -0.2) is 4.79 Å². The fraction of sp³-hybridized carbons (Fsp3) is 0.167. The zero-order valence-electron chi connectivity index (χ0n) is 6.41. The van der Waals surface area contributed by atoms with Crippen LogP contribution in [-0.4, -0.2) is 22.7 Å². The zero-order valence-corrected chi connectivity index (χ0v) is 9.62. The van der Waals surface area contributed by atoms with Crippen LogP contribution in [0.3, 0.4) is 0 Å². The Hall–Kier alpha value is -0.530. The van der Waals surface area contributed by atoms with Gasteiger partial charge in [0, 0.05) is 0 Å². The summed E-state index contributed by atoms with van der Waals surface area (Å²) in [6.07, 6.45) is 0. The average molecular weight is 279 g/mol. The van der Waals surface area contributed by atoms with Crippen molar-refractivity contribution >= 4 is 54.3 Å². The van der Waals surface area contributed by atoms with Gasteiger partial charge in [-0.05, 0) is 27.5 Å². The summed E-state index contributed by atoms with van der Waals surface area (Å²) < 4.78 is 9.92. The summed E-state index contributed by atoms with van der Waals surface area (Å²) in [4.78, 5) is 12.1. The molecular formula is C6H3BrN2O2S2. The third-order valence-corrected chi connectivity index (χ3v) is 4.07. The predicted octanol–water partition coefficient (Wildman–Crippen LogP) is 2.30. The van der Waals surface area contributed by atoms with Gasteiger partial charge in [0.25, 0.3) is 0 Å². The number of carbonyl (C=O) groups excluding carboxylic acids is 1. The van der Waals surface area contributed by atoms with Crippen LogP contribution in [0.4, 0.5) is 0 Å². The SMILES string of the molecule is COC(=O)c1c(Br)sc2nnsc12. The fourth-order valence-corrected chi connectivity index (χ4v) is 3.54. The normalized spacial score (nSPS) is 10.6. The Morgan fingerprint density at radius 1 is 1.62 bits per heavy atom. The lowest BCUT2D eigenvalue weighted by Gasteiger charge is -1.94. The second kappa shape index (κ2) is 3.32. The standard InChI is InChI=1S/C6H3BrN2O2S2/c1-11-6(10)2-3-5(8-9-13-3)12-4(2)7/h1H3. The number of hydrogen-bond acceptors (Lipinski definition) is 6.